The summed E-state index contributed by atoms with van der Waals surface area (Å²) in [5, 5.41) is 0. The van der Waals surface area contributed by atoms with Crippen molar-refractivity contribution in [3.8, 4) is 0 Å². The topological polar surface area (TPSA) is 58.6 Å². The number of piperidine rings is 1. The Morgan fingerprint density at radius 2 is 1.96 bits per heavy atom. The first-order valence-corrected chi connectivity index (χ1v) is 9.20. The number of ether oxygens (including phenoxy) is 1. The van der Waals surface area contributed by atoms with E-state index in [1.807, 2.05) is 11.8 Å². The van der Waals surface area contributed by atoms with Crippen molar-refractivity contribution >= 4 is 5.91 Å². The number of hydrogen-bond donors (Lipinski definition) is 0. The number of rotatable bonds is 5. The third kappa shape index (κ3) is 4.30. The van der Waals surface area contributed by atoms with Crippen molar-refractivity contribution in [3.63, 3.8) is 0 Å². The summed E-state index contributed by atoms with van der Waals surface area (Å²) < 4.78 is 5.41. The van der Waals surface area contributed by atoms with Gasteiger partial charge in [0.1, 0.15) is 5.82 Å². The maximum atomic E-state index is 12.9. The zero-order chi connectivity index (χ0) is 16.8. The van der Waals surface area contributed by atoms with E-state index in [9.17, 15) is 4.79 Å². The predicted octanol–water partition coefficient (Wildman–Crippen LogP) is 1.76. The summed E-state index contributed by atoms with van der Waals surface area (Å²) in [6.45, 7) is 7.58. The van der Waals surface area contributed by atoms with E-state index in [0.717, 1.165) is 70.9 Å². The van der Waals surface area contributed by atoms with Crippen LogP contribution < -0.4 is 0 Å². The lowest BCUT2D eigenvalue weighted by Gasteiger charge is -2.37. The van der Waals surface area contributed by atoms with Crippen LogP contribution in [0.2, 0.25) is 0 Å². The molecule has 3 heterocycles. The Balaban J connectivity index is 1.60. The fraction of sp³-hybridized carbons (Fsp3) is 0.722. The number of carbonyl (C=O) groups excluding carboxylic acids is 1. The smallest absolute Gasteiger partial charge is 0.257 e. The molecule has 2 fully saturated rings. The van der Waals surface area contributed by atoms with E-state index in [2.05, 4.69) is 14.9 Å². The van der Waals surface area contributed by atoms with Crippen LogP contribution in [0.5, 0.6) is 0 Å². The van der Waals surface area contributed by atoms with Gasteiger partial charge in [-0.3, -0.25) is 9.69 Å². The van der Waals surface area contributed by atoms with Gasteiger partial charge in [-0.05, 0) is 25.7 Å². The molecule has 3 rings (SSSR count). The van der Waals surface area contributed by atoms with Crippen molar-refractivity contribution in [3.05, 3.63) is 23.8 Å². The average Bonchev–Trinajstić information content (AvgIpc) is 2.67. The standard InChI is InChI=1S/C18H28N4O2/c1-2-17-19-13-15(14-20-17)18(23)22-7-4-3-5-16(22)6-8-21-9-11-24-12-10-21/h13-14,16H,2-12H2,1H3/t16-/m1/s1. The molecule has 132 valence electrons. The van der Waals surface area contributed by atoms with Gasteiger partial charge in [0.25, 0.3) is 5.91 Å². The Morgan fingerprint density at radius 3 is 2.67 bits per heavy atom. The molecule has 1 amide bonds. The van der Waals surface area contributed by atoms with Crippen molar-refractivity contribution < 1.29 is 9.53 Å². The largest absolute Gasteiger partial charge is 0.379 e. The van der Waals surface area contributed by atoms with E-state index >= 15 is 0 Å². The summed E-state index contributed by atoms with van der Waals surface area (Å²) in [6, 6.07) is 0.333. The van der Waals surface area contributed by atoms with Gasteiger partial charge in [-0.25, -0.2) is 9.97 Å². The molecule has 0 N–H and O–H groups in total. The van der Waals surface area contributed by atoms with Crippen molar-refractivity contribution in [2.75, 3.05) is 39.4 Å². The van der Waals surface area contributed by atoms with Crippen molar-refractivity contribution in [1.82, 2.24) is 19.8 Å². The molecule has 1 atom stereocenters. The van der Waals surface area contributed by atoms with Gasteiger partial charge in [-0.15, -0.1) is 0 Å². The van der Waals surface area contributed by atoms with Crippen molar-refractivity contribution in [2.24, 2.45) is 0 Å². The minimum absolute atomic E-state index is 0.0873. The van der Waals surface area contributed by atoms with Gasteiger partial charge in [-0.2, -0.15) is 0 Å². The predicted molar refractivity (Wildman–Crippen MR) is 92.0 cm³/mol. The second-order valence-corrected chi connectivity index (χ2v) is 6.63. The van der Waals surface area contributed by atoms with Gasteiger partial charge >= 0.3 is 0 Å². The lowest BCUT2D eigenvalue weighted by atomic mass is 9.98. The summed E-state index contributed by atoms with van der Waals surface area (Å²) in [5.74, 6) is 0.874. The Bertz CT molecular complexity index is 528. The van der Waals surface area contributed by atoms with Gasteiger partial charge < -0.3 is 9.64 Å². The Kier molecular flexibility index (Phi) is 6.15. The van der Waals surface area contributed by atoms with Gasteiger partial charge in [0.15, 0.2) is 0 Å². The summed E-state index contributed by atoms with van der Waals surface area (Å²) >= 11 is 0. The van der Waals surface area contributed by atoms with E-state index in [0.29, 0.717) is 11.6 Å². The number of carbonyl (C=O) groups is 1. The first kappa shape index (κ1) is 17.3. The monoisotopic (exact) mass is 332 g/mol. The number of hydrogen-bond acceptors (Lipinski definition) is 5. The molecule has 1 aromatic rings. The Hall–Kier alpha value is -1.53. The van der Waals surface area contributed by atoms with E-state index in [-0.39, 0.29) is 5.91 Å². The second-order valence-electron chi connectivity index (χ2n) is 6.63. The molecule has 0 unspecified atom stereocenters. The highest BCUT2D eigenvalue weighted by atomic mass is 16.5. The molecular weight excluding hydrogens is 304 g/mol. The fourth-order valence-electron chi connectivity index (χ4n) is 3.54. The molecule has 2 aliphatic heterocycles. The summed E-state index contributed by atoms with van der Waals surface area (Å²) in [6.07, 6.45) is 8.60. The van der Waals surface area contributed by atoms with E-state index in [4.69, 9.17) is 4.74 Å². The van der Waals surface area contributed by atoms with Crippen LogP contribution in [0, 0.1) is 0 Å². The molecular formula is C18H28N4O2. The first-order valence-electron chi connectivity index (χ1n) is 9.20. The maximum Gasteiger partial charge on any atom is 0.257 e. The normalized spacial score (nSPS) is 22.5. The van der Waals surface area contributed by atoms with Gasteiger partial charge in [0.05, 0.1) is 18.8 Å². The third-order valence-corrected chi connectivity index (χ3v) is 5.04. The molecule has 2 saturated heterocycles. The minimum Gasteiger partial charge on any atom is -0.379 e. The Morgan fingerprint density at radius 1 is 1.21 bits per heavy atom. The van der Waals surface area contributed by atoms with Crippen LogP contribution in [0.4, 0.5) is 0 Å². The highest BCUT2D eigenvalue weighted by molar-refractivity contribution is 5.93. The average molecular weight is 332 g/mol. The zero-order valence-electron chi connectivity index (χ0n) is 14.6. The molecule has 0 saturated carbocycles. The van der Waals surface area contributed by atoms with E-state index in [1.54, 1.807) is 12.4 Å². The van der Waals surface area contributed by atoms with Crippen LogP contribution in [0.3, 0.4) is 0 Å². The second kappa shape index (κ2) is 8.53. The van der Waals surface area contributed by atoms with Gasteiger partial charge in [0, 0.05) is 51.0 Å². The van der Waals surface area contributed by atoms with Crippen LogP contribution in [0.15, 0.2) is 12.4 Å². The van der Waals surface area contributed by atoms with Gasteiger partial charge in [0.2, 0.25) is 0 Å². The third-order valence-electron chi connectivity index (χ3n) is 5.04. The number of likely N-dealkylation sites (tertiary alicyclic amines) is 1. The molecule has 1 aromatic heterocycles. The van der Waals surface area contributed by atoms with Crippen molar-refractivity contribution in [1.29, 1.82) is 0 Å². The zero-order valence-corrected chi connectivity index (χ0v) is 14.6. The quantitative estimate of drug-likeness (QED) is 0.822. The van der Waals surface area contributed by atoms with Crippen LogP contribution in [0.25, 0.3) is 0 Å². The maximum absolute atomic E-state index is 12.9. The molecule has 0 aliphatic carbocycles. The van der Waals surface area contributed by atoms with Gasteiger partial charge in [-0.1, -0.05) is 6.92 Å². The highest BCUT2D eigenvalue weighted by Crippen LogP contribution is 2.22. The fourth-order valence-corrected chi connectivity index (χ4v) is 3.54. The lowest BCUT2D eigenvalue weighted by molar-refractivity contribution is 0.0295. The van der Waals surface area contributed by atoms with E-state index in [1.165, 1.54) is 6.42 Å². The number of amides is 1. The summed E-state index contributed by atoms with van der Waals surface area (Å²) in [7, 11) is 0. The van der Waals surface area contributed by atoms with Crippen LogP contribution in [0.1, 0.15) is 48.8 Å². The number of aromatic nitrogens is 2. The number of aryl methyl sites for hydroxylation is 1. The van der Waals surface area contributed by atoms with Crippen LogP contribution in [-0.4, -0.2) is 71.1 Å². The molecule has 0 radical (unpaired) electrons. The molecule has 24 heavy (non-hydrogen) atoms. The SMILES string of the molecule is CCc1ncc(C(=O)N2CCCC[C@@H]2CCN2CCOCC2)cn1. The molecule has 6 nitrogen and oxygen atoms in total. The van der Waals surface area contributed by atoms with Crippen LogP contribution >= 0.6 is 0 Å². The van der Waals surface area contributed by atoms with E-state index < -0.39 is 0 Å². The number of morpholine rings is 1. The van der Waals surface area contributed by atoms with Crippen molar-refractivity contribution in [2.45, 2.75) is 45.1 Å². The first-order chi connectivity index (χ1) is 11.8. The Labute approximate surface area is 144 Å². The minimum atomic E-state index is 0.0873. The molecule has 6 heteroatoms. The molecule has 0 spiro atoms. The molecule has 2 aliphatic rings. The molecule has 0 bridgehead atoms. The highest BCUT2D eigenvalue weighted by Gasteiger charge is 2.28. The molecule has 0 aromatic carbocycles. The van der Waals surface area contributed by atoms with Crippen LogP contribution in [-0.2, 0) is 11.2 Å². The lowest BCUT2D eigenvalue weighted by Crippen LogP contribution is -2.46. The summed E-state index contributed by atoms with van der Waals surface area (Å²) in [4.78, 5) is 25.9. The summed E-state index contributed by atoms with van der Waals surface area (Å²) in [5.41, 5.74) is 0.616. The number of nitrogens with zero attached hydrogens (tertiary/aromatic N) is 4.